The van der Waals surface area contributed by atoms with Gasteiger partial charge in [-0.2, -0.15) is 0 Å². The van der Waals surface area contributed by atoms with E-state index < -0.39 is 0 Å². The van der Waals surface area contributed by atoms with E-state index in [1.165, 1.54) is 13.2 Å². The van der Waals surface area contributed by atoms with E-state index in [1.807, 2.05) is 6.92 Å². The van der Waals surface area contributed by atoms with Gasteiger partial charge in [-0.25, -0.2) is 0 Å². The van der Waals surface area contributed by atoms with Gasteiger partial charge in [-0.3, -0.25) is 14.5 Å². The zero-order valence-electron chi connectivity index (χ0n) is 12.8. The second-order valence-corrected chi connectivity index (χ2v) is 5.95. The summed E-state index contributed by atoms with van der Waals surface area (Å²) in [6.45, 7) is 6.03. The quantitative estimate of drug-likeness (QED) is 0.572. The van der Waals surface area contributed by atoms with E-state index in [4.69, 9.17) is 21.1 Å². The number of amides is 2. The first kappa shape index (κ1) is 17.4. The van der Waals surface area contributed by atoms with Gasteiger partial charge in [0.05, 0.1) is 23.6 Å². The highest BCUT2D eigenvalue weighted by Crippen LogP contribution is 2.38. The van der Waals surface area contributed by atoms with Crippen molar-refractivity contribution in [2.24, 2.45) is 0 Å². The molecule has 2 rings (SSSR count). The molecule has 1 heterocycles. The number of nitrogens with zero attached hydrogens (tertiary/aromatic N) is 1. The van der Waals surface area contributed by atoms with Crippen LogP contribution in [0.3, 0.4) is 0 Å². The van der Waals surface area contributed by atoms with Gasteiger partial charge >= 0.3 is 0 Å². The number of ether oxygens (including phenoxy) is 2. The van der Waals surface area contributed by atoms with E-state index in [0.717, 1.165) is 16.7 Å². The minimum Gasteiger partial charge on any atom is -0.493 e. The van der Waals surface area contributed by atoms with E-state index in [1.54, 1.807) is 18.2 Å². The first-order chi connectivity index (χ1) is 11.0. The van der Waals surface area contributed by atoms with Crippen molar-refractivity contribution in [1.29, 1.82) is 0 Å². The van der Waals surface area contributed by atoms with Crippen LogP contribution in [0.1, 0.15) is 12.5 Å². The minimum absolute atomic E-state index is 0.190. The Morgan fingerprint density at radius 1 is 1.39 bits per heavy atom. The number of carbonyl (C=O) groups excluding carboxylic acids is 2. The molecule has 0 aliphatic carbocycles. The molecule has 0 aromatic heterocycles. The number of methoxy groups -OCH3 is 1. The highest BCUT2D eigenvalue weighted by molar-refractivity contribution is 8.18. The summed E-state index contributed by atoms with van der Waals surface area (Å²) >= 11 is 7.09. The molecule has 0 saturated carbocycles. The molecule has 1 saturated heterocycles. The number of hydrogen-bond acceptors (Lipinski definition) is 5. The van der Waals surface area contributed by atoms with Crippen molar-refractivity contribution in [3.8, 4) is 11.5 Å². The van der Waals surface area contributed by atoms with Gasteiger partial charge in [0.15, 0.2) is 11.5 Å². The van der Waals surface area contributed by atoms with E-state index in [-0.39, 0.29) is 17.7 Å². The number of hydrogen-bond donors (Lipinski definition) is 0. The van der Waals surface area contributed by atoms with Crippen LogP contribution >= 0.6 is 23.4 Å². The van der Waals surface area contributed by atoms with Gasteiger partial charge in [-0.15, -0.1) is 6.58 Å². The Balaban J connectivity index is 2.36. The zero-order valence-corrected chi connectivity index (χ0v) is 14.4. The molecule has 1 fully saturated rings. The highest BCUT2D eigenvalue weighted by atomic mass is 35.5. The molecule has 1 aromatic rings. The summed E-state index contributed by atoms with van der Waals surface area (Å²) in [5.41, 5.74) is 0.652. The molecule has 2 amide bonds. The maximum Gasteiger partial charge on any atom is 0.293 e. The summed E-state index contributed by atoms with van der Waals surface area (Å²) in [5, 5.41) is 0.0629. The molecule has 0 radical (unpaired) electrons. The standard InChI is InChI=1S/C16H16ClNO4S/c1-4-6-18-15(19)13(23-16(18)20)9-10-7-11(17)14(22-5-2)12(8-10)21-3/h4,7-9H,1,5-6H2,2-3H3/b13-9+. The van der Waals surface area contributed by atoms with Crippen molar-refractivity contribution in [3.63, 3.8) is 0 Å². The predicted octanol–water partition coefficient (Wildman–Crippen LogP) is 3.97. The second-order valence-electron chi connectivity index (χ2n) is 4.55. The van der Waals surface area contributed by atoms with Crippen LogP contribution < -0.4 is 9.47 Å². The van der Waals surface area contributed by atoms with Gasteiger partial charge in [-0.05, 0) is 42.5 Å². The summed E-state index contributed by atoms with van der Waals surface area (Å²) in [6, 6.07) is 3.37. The number of halogens is 1. The summed E-state index contributed by atoms with van der Waals surface area (Å²) in [7, 11) is 1.51. The van der Waals surface area contributed by atoms with Gasteiger partial charge in [0.1, 0.15) is 0 Å². The summed E-state index contributed by atoms with van der Waals surface area (Å²) in [6.07, 6.45) is 3.12. The predicted molar refractivity (Wildman–Crippen MR) is 92.0 cm³/mol. The molecule has 0 N–H and O–H groups in total. The van der Waals surface area contributed by atoms with E-state index in [0.29, 0.717) is 33.6 Å². The molecular weight excluding hydrogens is 338 g/mol. The molecule has 23 heavy (non-hydrogen) atoms. The minimum atomic E-state index is -0.344. The van der Waals surface area contributed by atoms with Crippen LogP contribution in [0.2, 0.25) is 5.02 Å². The van der Waals surface area contributed by atoms with Crippen molar-refractivity contribution in [3.05, 3.63) is 40.3 Å². The maximum atomic E-state index is 12.2. The lowest BCUT2D eigenvalue weighted by molar-refractivity contribution is -0.122. The number of benzene rings is 1. The molecule has 1 aliphatic heterocycles. The number of imide groups is 1. The van der Waals surface area contributed by atoms with E-state index in [9.17, 15) is 9.59 Å². The van der Waals surface area contributed by atoms with Crippen LogP contribution in [0.5, 0.6) is 11.5 Å². The fourth-order valence-corrected chi connectivity index (χ4v) is 3.17. The molecule has 0 bridgehead atoms. The van der Waals surface area contributed by atoms with Crippen LogP contribution in [0.25, 0.3) is 6.08 Å². The monoisotopic (exact) mass is 353 g/mol. The number of carbonyl (C=O) groups is 2. The van der Waals surface area contributed by atoms with Gasteiger partial charge in [0.25, 0.3) is 11.1 Å². The largest absolute Gasteiger partial charge is 0.493 e. The maximum absolute atomic E-state index is 12.2. The Morgan fingerprint density at radius 3 is 2.74 bits per heavy atom. The second kappa shape index (κ2) is 7.57. The van der Waals surface area contributed by atoms with Crippen LogP contribution in [0.15, 0.2) is 29.7 Å². The third-order valence-corrected chi connectivity index (χ3v) is 4.21. The van der Waals surface area contributed by atoms with Crippen molar-refractivity contribution >= 4 is 40.6 Å². The number of thioether (sulfide) groups is 1. The van der Waals surface area contributed by atoms with E-state index >= 15 is 0 Å². The fraction of sp³-hybridized carbons (Fsp3) is 0.250. The van der Waals surface area contributed by atoms with Gasteiger partial charge < -0.3 is 9.47 Å². The van der Waals surface area contributed by atoms with Crippen molar-refractivity contribution < 1.29 is 19.1 Å². The van der Waals surface area contributed by atoms with Crippen LogP contribution in [-0.4, -0.2) is 36.3 Å². The van der Waals surface area contributed by atoms with Gasteiger partial charge in [0, 0.05) is 6.54 Å². The normalized spacial score (nSPS) is 16.1. The smallest absolute Gasteiger partial charge is 0.293 e. The Morgan fingerprint density at radius 2 is 2.13 bits per heavy atom. The Hall–Kier alpha value is -1.92. The first-order valence-corrected chi connectivity index (χ1v) is 8.07. The van der Waals surface area contributed by atoms with Crippen molar-refractivity contribution in [2.45, 2.75) is 6.92 Å². The molecule has 1 aromatic carbocycles. The SMILES string of the molecule is C=CCN1C(=O)S/C(=C/c2cc(Cl)c(OCC)c(OC)c2)C1=O. The van der Waals surface area contributed by atoms with Crippen molar-refractivity contribution in [1.82, 2.24) is 4.90 Å². The molecule has 122 valence electrons. The fourth-order valence-electron chi connectivity index (χ4n) is 2.05. The van der Waals surface area contributed by atoms with Crippen LogP contribution in [0.4, 0.5) is 4.79 Å². The summed E-state index contributed by atoms with van der Waals surface area (Å²) < 4.78 is 10.7. The number of rotatable bonds is 6. The highest BCUT2D eigenvalue weighted by Gasteiger charge is 2.34. The van der Waals surface area contributed by atoms with E-state index in [2.05, 4.69) is 6.58 Å². The zero-order chi connectivity index (χ0) is 17.0. The molecule has 5 nitrogen and oxygen atoms in total. The van der Waals surface area contributed by atoms with Crippen LogP contribution in [0, 0.1) is 0 Å². The van der Waals surface area contributed by atoms with Crippen molar-refractivity contribution in [2.75, 3.05) is 20.3 Å². The molecule has 0 atom stereocenters. The Kier molecular flexibility index (Phi) is 5.74. The molecular formula is C16H16ClNO4S. The van der Waals surface area contributed by atoms with Gasteiger partial charge in [-0.1, -0.05) is 17.7 Å². The lowest BCUT2D eigenvalue weighted by atomic mass is 10.1. The molecule has 1 aliphatic rings. The molecule has 0 unspecified atom stereocenters. The third-order valence-electron chi connectivity index (χ3n) is 3.02. The Labute approximate surface area is 143 Å². The lowest BCUT2D eigenvalue weighted by Gasteiger charge is -2.12. The molecule has 7 heteroatoms. The summed E-state index contributed by atoms with van der Waals surface area (Å²) in [4.78, 5) is 25.5. The average Bonchev–Trinajstić information content (AvgIpc) is 2.77. The third kappa shape index (κ3) is 3.71. The Bertz CT molecular complexity index is 687. The summed E-state index contributed by atoms with van der Waals surface area (Å²) in [5.74, 6) is 0.577. The van der Waals surface area contributed by atoms with Crippen LogP contribution in [-0.2, 0) is 4.79 Å². The average molecular weight is 354 g/mol. The first-order valence-electron chi connectivity index (χ1n) is 6.88. The van der Waals surface area contributed by atoms with Gasteiger partial charge in [0.2, 0.25) is 0 Å². The lowest BCUT2D eigenvalue weighted by Crippen LogP contribution is -2.27. The topological polar surface area (TPSA) is 55.8 Å². The molecule has 0 spiro atoms.